The maximum atomic E-state index is 11.3. The van der Waals surface area contributed by atoms with Gasteiger partial charge in [-0.2, -0.15) is 0 Å². The highest BCUT2D eigenvalue weighted by Crippen LogP contribution is 2.36. The molecule has 6 nitrogen and oxygen atoms in total. The van der Waals surface area contributed by atoms with Crippen LogP contribution in [0.2, 0.25) is 5.02 Å². The highest BCUT2D eigenvalue weighted by Gasteiger charge is 2.30. The van der Waals surface area contributed by atoms with Crippen molar-refractivity contribution in [2.24, 2.45) is 11.8 Å². The Morgan fingerprint density at radius 1 is 1.30 bits per heavy atom. The molecule has 0 bridgehead atoms. The van der Waals surface area contributed by atoms with Gasteiger partial charge in [-0.1, -0.05) is 11.6 Å². The van der Waals surface area contributed by atoms with Crippen molar-refractivity contribution in [3.63, 3.8) is 0 Å². The number of aromatic nitrogens is 1. The molecule has 2 N–H and O–H groups in total. The molecule has 37 heavy (non-hydrogen) atoms. The SMILES string of the molecule is COc1ccc2nccc([C@H](O)CC[C@@H]3CCN(CCCSc4sccc4Cl)C[C@H]3CCC(=O)O)c2c1. The molecule has 3 aromatic rings. The van der Waals surface area contributed by atoms with Crippen LogP contribution in [0.1, 0.15) is 50.2 Å². The van der Waals surface area contributed by atoms with Gasteiger partial charge < -0.3 is 19.8 Å². The molecule has 0 radical (unpaired) electrons. The first-order valence-electron chi connectivity index (χ1n) is 12.8. The number of hydrogen-bond donors (Lipinski definition) is 2. The van der Waals surface area contributed by atoms with E-state index in [2.05, 4.69) is 9.88 Å². The molecule has 0 saturated carbocycles. The minimum atomic E-state index is -0.739. The maximum absolute atomic E-state index is 11.3. The second-order valence-corrected chi connectivity index (χ2v) is 12.4. The Labute approximate surface area is 232 Å². The van der Waals surface area contributed by atoms with Gasteiger partial charge >= 0.3 is 5.97 Å². The number of benzene rings is 1. The van der Waals surface area contributed by atoms with Crippen LogP contribution in [-0.2, 0) is 4.79 Å². The minimum Gasteiger partial charge on any atom is -0.497 e. The number of thioether (sulfide) groups is 1. The van der Waals surface area contributed by atoms with Crippen LogP contribution >= 0.6 is 34.7 Å². The number of aliphatic hydroxyl groups excluding tert-OH is 1. The number of halogens is 1. The van der Waals surface area contributed by atoms with E-state index >= 15 is 0 Å². The fourth-order valence-electron chi connectivity index (χ4n) is 5.30. The number of nitrogens with zero attached hydrogens (tertiary/aromatic N) is 2. The molecule has 1 fully saturated rings. The zero-order valence-corrected chi connectivity index (χ0v) is 23.5. The number of carboxylic acid groups (broad SMARTS) is 1. The van der Waals surface area contributed by atoms with E-state index in [4.69, 9.17) is 16.3 Å². The van der Waals surface area contributed by atoms with Gasteiger partial charge in [-0.25, -0.2) is 0 Å². The Morgan fingerprint density at radius 2 is 2.16 bits per heavy atom. The second kappa shape index (κ2) is 13.8. The van der Waals surface area contributed by atoms with Gasteiger partial charge in [-0.05, 0) is 98.3 Å². The fourth-order valence-corrected chi connectivity index (χ4v) is 7.60. The Morgan fingerprint density at radius 3 is 2.92 bits per heavy atom. The van der Waals surface area contributed by atoms with E-state index in [1.54, 1.807) is 24.6 Å². The van der Waals surface area contributed by atoms with Crippen LogP contribution < -0.4 is 4.74 Å². The van der Waals surface area contributed by atoms with E-state index < -0.39 is 12.1 Å². The van der Waals surface area contributed by atoms with Gasteiger partial charge in [-0.15, -0.1) is 23.1 Å². The first kappa shape index (κ1) is 28.2. The van der Waals surface area contributed by atoms with E-state index in [0.29, 0.717) is 24.7 Å². The highest BCUT2D eigenvalue weighted by atomic mass is 35.5. The molecule has 0 amide bonds. The lowest BCUT2D eigenvalue weighted by atomic mass is 9.79. The second-order valence-electron chi connectivity index (χ2n) is 9.68. The largest absolute Gasteiger partial charge is 0.497 e. The smallest absolute Gasteiger partial charge is 0.303 e. The van der Waals surface area contributed by atoms with Gasteiger partial charge in [0.05, 0.1) is 28.0 Å². The number of carboxylic acids is 1. The van der Waals surface area contributed by atoms with E-state index in [0.717, 1.165) is 71.9 Å². The molecule has 0 spiro atoms. The third-order valence-electron chi connectivity index (χ3n) is 7.29. The van der Waals surface area contributed by atoms with Gasteiger partial charge in [-0.3, -0.25) is 9.78 Å². The van der Waals surface area contributed by atoms with Gasteiger partial charge in [0, 0.05) is 30.3 Å². The molecular weight excluding hydrogens is 528 g/mol. The number of hydrogen-bond acceptors (Lipinski definition) is 7. The average molecular weight is 563 g/mol. The van der Waals surface area contributed by atoms with Gasteiger partial charge in [0.15, 0.2) is 0 Å². The summed E-state index contributed by atoms with van der Waals surface area (Å²) < 4.78 is 6.55. The van der Waals surface area contributed by atoms with Crippen molar-refractivity contribution < 1.29 is 19.7 Å². The van der Waals surface area contributed by atoms with Crippen molar-refractivity contribution in [2.45, 2.75) is 48.8 Å². The molecule has 1 saturated heterocycles. The van der Waals surface area contributed by atoms with E-state index in [1.165, 1.54) is 4.21 Å². The Balaban J connectivity index is 1.32. The standard InChI is InChI=1S/C28H35ClN2O4S2/c1-35-21-5-6-25-23(17-21)22(9-12-30-25)26(32)7-3-19-10-14-31(18-20(19)4-8-27(33)34)13-2-15-36-28-24(29)11-16-37-28/h5-6,9,11-12,16-17,19-20,26,32H,2-4,7-8,10,13-15,18H2,1H3,(H,33,34)/t19-,20-,26-/m1/s1. The lowest BCUT2D eigenvalue weighted by molar-refractivity contribution is -0.137. The van der Waals surface area contributed by atoms with E-state index in [-0.39, 0.29) is 6.42 Å². The summed E-state index contributed by atoms with van der Waals surface area (Å²) in [6, 6.07) is 9.55. The number of aliphatic hydroxyl groups is 1. The fraction of sp³-hybridized carbons (Fsp3) is 0.500. The first-order valence-corrected chi connectivity index (χ1v) is 15.1. The van der Waals surface area contributed by atoms with E-state index in [1.807, 2.05) is 47.5 Å². The lowest BCUT2D eigenvalue weighted by Crippen LogP contribution is -2.41. The molecule has 1 aliphatic rings. The molecular formula is C28H35ClN2O4S2. The van der Waals surface area contributed by atoms with Crippen LogP contribution in [0.4, 0.5) is 0 Å². The van der Waals surface area contributed by atoms with Crippen molar-refractivity contribution in [1.82, 2.24) is 9.88 Å². The topological polar surface area (TPSA) is 82.9 Å². The zero-order valence-electron chi connectivity index (χ0n) is 21.1. The number of pyridine rings is 1. The van der Waals surface area contributed by atoms with Crippen molar-refractivity contribution in [3.8, 4) is 5.75 Å². The van der Waals surface area contributed by atoms with Crippen LogP contribution in [0.5, 0.6) is 5.75 Å². The monoisotopic (exact) mass is 562 g/mol. The van der Waals surface area contributed by atoms with Crippen LogP contribution in [0.3, 0.4) is 0 Å². The normalized spacial score (nSPS) is 19.2. The summed E-state index contributed by atoms with van der Waals surface area (Å²) in [5.41, 5.74) is 1.70. The summed E-state index contributed by atoms with van der Waals surface area (Å²) >= 11 is 9.70. The first-order chi connectivity index (χ1) is 17.9. The minimum absolute atomic E-state index is 0.194. The van der Waals surface area contributed by atoms with Crippen molar-refractivity contribution in [3.05, 3.63) is 52.5 Å². The summed E-state index contributed by atoms with van der Waals surface area (Å²) in [5, 5.41) is 24.2. The van der Waals surface area contributed by atoms with Crippen LogP contribution in [0, 0.1) is 11.8 Å². The summed E-state index contributed by atoms with van der Waals surface area (Å²) in [7, 11) is 1.63. The molecule has 1 aliphatic heterocycles. The quantitative estimate of drug-likeness (QED) is 0.176. The molecule has 1 aromatic carbocycles. The van der Waals surface area contributed by atoms with E-state index in [9.17, 15) is 15.0 Å². The summed E-state index contributed by atoms with van der Waals surface area (Å²) in [4.78, 5) is 18.2. The molecule has 200 valence electrons. The molecule has 2 aromatic heterocycles. The third-order valence-corrected chi connectivity index (χ3v) is 10.2. The number of aliphatic carboxylic acids is 1. The number of ether oxygens (including phenoxy) is 1. The maximum Gasteiger partial charge on any atom is 0.303 e. The number of rotatable bonds is 13. The molecule has 4 rings (SSSR count). The Bertz CT molecular complexity index is 1170. The summed E-state index contributed by atoms with van der Waals surface area (Å²) in [5.74, 6) is 1.76. The Kier molecular flexibility index (Phi) is 10.5. The van der Waals surface area contributed by atoms with Gasteiger partial charge in [0.1, 0.15) is 5.75 Å². The van der Waals surface area contributed by atoms with Crippen molar-refractivity contribution in [1.29, 1.82) is 0 Å². The number of carbonyl (C=O) groups is 1. The number of thiophene rings is 1. The van der Waals surface area contributed by atoms with Crippen molar-refractivity contribution >= 4 is 51.6 Å². The number of piperidine rings is 1. The summed E-state index contributed by atoms with van der Waals surface area (Å²) in [6.07, 6.45) is 5.64. The highest BCUT2D eigenvalue weighted by molar-refractivity contribution is 8.01. The third kappa shape index (κ3) is 7.83. The number of methoxy groups -OCH3 is 1. The molecule has 3 heterocycles. The van der Waals surface area contributed by atoms with Crippen LogP contribution in [-0.4, -0.2) is 58.6 Å². The Hall–Kier alpha value is -1.84. The number of likely N-dealkylation sites (tertiary alicyclic amines) is 1. The zero-order chi connectivity index (χ0) is 26.2. The molecule has 0 aliphatic carbocycles. The van der Waals surface area contributed by atoms with Crippen molar-refractivity contribution in [2.75, 3.05) is 32.5 Å². The average Bonchev–Trinajstić information content (AvgIpc) is 3.32. The van der Waals surface area contributed by atoms with Gasteiger partial charge in [0.2, 0.25) is 0 Å². The van der Waals surface area contributed by atoms with Gasteiger partial charge in [0.25, 0.3) is 0 Å². The lowest BCUT2D eigenvalue weighted by Gasteiger charge is -2.39. The summed E-state index contributed by atoms with van der Waals surface area (Å²) in [6.45, 7) is 2.96. The van der Waals surface area contributed by atoms with Crippen LogP contribution in [0.25, 0.3) is 10.9 Å². The number of fused-ring (bicyclic) bond motifs is 1. The molecule has 3 atom stereocenters. The molecule has 0 unspecified atom stereocenters. The predicted molar refractivity (Wildman–Crippen MR) is 152 cm³/mol. The predicted octanol–water partition coefficient (Wildman–Crippen LogP) is 6.76. The molecule has 9 heteroatoms. The van der Waals surface area contributed by atoms with Crippen LogP contribution in [0.15, 0.2) is 46.1 Å².